The number of nitrogens with zero attached hydrogens (tertiary/aromatic N) is 2. The molecular formula is C17H18N4. The van der Waals surface area contributed by atoms with E-state index in [9.17, 15) is 0 Å². The lowest BCUT2D eigenvalue weighted by atomic mass is 9.95. The largest absolute Gasteiger partial charge is 0.383 e. The zero-order valence-corrected chi connectivity index (χ0v) is 12.4. The van der Waals surface area contributed by atoms with Crippen LogP contribution in [0.15, 0.2) is 30.3 Å². The van der Waals surface area contributed by atoms with Crippen molar-refractivity contribution in [3.8, 4) is 11.1 Å². The number of aromatic nitrogens is 2. The van der Waals surface area contributed by atoms with Crippen molar-refractivity contribution in [3.05, 3.63) is 47.0 Å². The van der Waals surface area contributed by atoms with E-state index in [1.165, 1.54) is 16.7 Å². The van der Waals surface area contributed by atoms with E-state index in [1.54, 1.807) is 0 Å². The molecule has 0 atom stereocenters. The van der Waals surface area contributed by atoms with Crippen molar-refractivity contribution < 1.29 is 0 Å². The van der Waals surface area contributed by atoms with Gasteiger partial charge in [0.1, 0.15) is 5.82 Å². The van der Waals surface area contributed by atoms with Gasteiger partial charge in [0.05, 0.1) is 5.52 Å². The summed E-state index contributed by atoms with van der Waals surface area (Å²) >= 11 is 0. The van der Waals surface area contributed by atoms with Gasteiger partial charge in [0.15, 0.2) is 0 Å². The SMILES string of the molecule is Cc1cc(C)cc(-c2ccc3nc(N)nc(N)c3c2C)c1. The molecule has 0 saturated heterocycles. The standard InChI is InChI=1S/C17H18N4/c1-9-6-10(2)8-12(7-9)13-4-5-14-15(11(13)3)16(18)21-17(19)20-14/h4-8H,1-3H3,(H4,18,19,20,21). The Labute approximate surface area is 123 Å². The molecule has 0 radical (unpaired) electrons. The first-order valence-corrected chi connectivity index (χ1v) is 6.86. The van der Waals surface area contributed by atoms with Crippen LogP contribution in [-0.4, -0.2) is 9.97 Å². The topological polar surface area (TPSA) is 77.8 Å². The lowest BCUT2D eigenvalue weighted by Gasteiger charge is -2.12. The van der Waals surface area contributed by atoms with Gasteiger partial charge in [-0.15, -0.1) is 0 Å². The Morgan fingerprint density at radius 2 is 1.52 bits per heavy atom. The molecule has 3 aromatic rings. The monoisotopic (exact) mass is 278 g/mol. The Kier molecular flexibility index (Phi) is 3.01. The maximum atomic E-state index is 6.03. The Bertz CT molecular complexity index is 833. The molecule has 3 rings (SSSR count). The van der Waals surface area contributed by atoms with Crippen molar-refractivity contribution in [2.24, 2.45) is 0 Å². The predicted molar refractivity (Wildman–Crippen MR) is 88.0 cm³/mol. The molecule has 0 aliphatic rings. The van der Waals surface area contributed by atoms with Crippen molar-refractivity contribution in [2.45, 2.75) is 20.8 Å². The molecule has 106 valence electrons. The molecule has 0 unspecified atom stereocenters. The molecule has 0 fully saturated rings. The molecule has 1 aromatic heterocycles. The van der Waals surface area contributed by atoms with Gasteiger partial charge < -0.3 is 11.5 Å². The second-order valence-electron chi connectivity index (χ2n) is 5.48. The van der Waals surface area contributed by atoms with Crippen LogP contribution in [0.2, 0.25) is 0 Å². The number of anilines is 2. The molecular weight excluding hydrogens is 260 g/mol. The number of benzene rings is 2. The Balaban J connectivity index is 2.32. The van der Waals surface area contributed by atoms with Crippen LogP contribution >= 0.6 is 0 Å². The molecule has 1 heterocycles. The average Bonchev–Trinajstić information content (AvgIpc) is 2.36. The van der Waals surface area contributed by atoms with Crippen LogP contribution in [0, 0.1) is 20.8 Å². The summed E-state index contributed by atoms with van der Waals surface area (Å²) in [6.07, 6.45) is 0. The number of fused-ring (bicyclic) bond motifs is 1. The molecule has 0 spiro atoms. The first-order chi connectivity index (χ1) is 9.95. The van der Waals surface area contributed by atoms with Gasteiger partial charge in [-0.25, -0.2) is 4.98 Å². The molecule has 0 aliphatic heterocycles. The van der Waals surface area contributed by atoms with Crippen LogP contribution in [0.1, 0.15) is 16.7 Å². The summed E-state index contributed by atoms with van der Waals surface area (Å²) in [5.74, 6) is 0.639. The van der Waals surface area contributed by atoms with Crippen LogP contribution in [-0.2, 0) is 0 Å². The van der Waals surface area contributed by atoms with Crippen LogP contribution in [0.5, 0.6) is 0 Å². The maximum Gasteiger partial charge on any atom is 0.222 e. The minimum absolute atomic E-state index is 0.207. The minimum Gasteiger partial charge on any atom is -0.383 e. The normalized spacial score (nSPS) is 11.0. The van der Waals surface area contributed by atoms with Crippen molar-refractivity contribution >= 4 is 22.7 Å². The molecule has 4 heteroatoms. The fourth-order valence-electron chi connectivity index (χ4n) is 2.88. The van der Waals surface area contributed by atoms with E-state index >= 15 is 0 Å². The fraction of sp³-hybridized carbons (Fsp3) is 0.176. The van der Waals surface area contributed by atoms with Gasteiger partial charge in [-0.2, -0.15) is 4.98 Å². The Morgan fingerprint density at radius 1 is 0.857 bits per heavy atom. The molecule has 0 aliphatic carbocycles. The van der Waals surface area contributed by atoms with E-state index in [2.05, 4.69) is 48.1 Å². The molecule has 0 bridgehead atoms. The van der Waals surface area contributed by atoms with Gasteiger partial charge >= 0.3 is 0 Å². The summed E-state index contributed by atoms with van der Waals surface area (Å²) < 4.78 is 0. The highest BCUT2D eigenvalue weighted by atomic mass is 15.0. The van der Waals surface area contributed by atoms with E-state index in [0.717, 1.165) is 22.0 Å². The van der Waals surface area contributed by atoms with Gasteiger partial charge in [0, 0.05) is 5.39 Å². The number of rotatable bonds is 1. The smallest absolute Gasteiger partial charge is 0.222 e. The molecule has 0 amide bonds. The Morgan fingerprint density at radius 3 is 2.19 bits per heavy atom. The summed E-state index contributed by atoms with van der Waals surface area (Å²) in [6, 6.07) is 10.5. The van der Waals surface area contributed by atoms with Gasteiger partial charge in [-0.3, -0.25) is 0 Å². The quantitative estimate of drug-likeness (QED) is 0.715. The van der Waals surface area contributed by atoms with Crippen LogP contribution in [0.3, 0.4) is 0 Å². The van der Waals surface area contributed by atoms with Gasteiger partial charge in [0.2, 0.25) is 5.95 Å². The molecule has 21 heavy (non-hydrogen) atoms. The second kappa shape index (κ2) is 4.74. The minimum atomic E-state index is 0.207. The number of nitrogen functional groups attached to an aromatic ring is 2. The summed E-state index contributed by atoms with van der Waals surface area (Å²) in [5.41, 5.74) is 18.4. The highest BCUT2D eigenvalue weighted by Gasteiger charge is 2.11. The zero-order chi connectivity index (χ0) is 15.1. The van der Waals surface area contributed by atoms with Gasteiger partial charge in [-0.1, -0.05) is 35.4 Å². The highest BCUT2D eigenvalue weighted by Crippen LogP contribution is 2.32. The molecule has 4 N–H and O–H groups in total. The maximum absolute atomic E-state index is 6.03. The zero-order valence-electron chi connectivity index (χ0n) is 12.4. The fourth-order valence-corrected chi connectivity index (χ4v) is 2.88. The van der Waals surface area contributed by atoms with Crippen molar-refractivity contribution in [3.63, 3.8) is 0 Å². The first-order valence-electron chi connectivity index (χ1n) is 6.86. The van der Waals surface area contributed by atoms with Crippen LogP contribution in [0.4, 0.5) is 11.8 Å². The van der Waals surface area contributed by atoms with Crippen LogP contribution < -0.4 is 11.5 Å². The lowest BCUT2D eigenvalue weighted by molar-refractivity contribution is 1.24. The average molecular weight is 278 g/mol. The van der Waals surface area contributed by atoms with Crippen LogP contribution in [0.25, 0.3) is 22.0 Å². The third kappa shape index (κ3) is 2.29. The predicted octanol–water partition coefficient (Wildman–Crippen LogP) is 3.39. The van der Waals surface area contributed by atoms with E-state index in [-0.39, 0.29) is 5.95 Å². The summed E-state index contributed by atoms with van der Waals surface area (Å²) in [5, 5.41) is 0.876. The van der Waals surface area contributed by atoms with Crippen molar-refractivity contribution in [1.82, 2.24) is 9.97 Å². The number of hydrogen-bond donors (Lipinski definition) is 2. The van der Waals surface area contributed by atoms with Crippen molar-refractivity contribution in [2.75, 3.05) is 11.5 Å². The summed E-state index contributed by atoms with van der Waals surface area (Å²) in [4.78, 5) is 8.33. The van der Waals surface area contributed by atoms with Gasteiger partial charge in [0.25, 0.3) is 0 Å². The van der Waals surface area contributed by atoms with E-state index < -0.39 is 0 Å². The molecule has 0 saturated carbocycles. The van der Waals surface area contributed by atoms with Gasteiger partial charge in [-0.05, 0) is 43.5 Å². The van der Waals surface area contributed by atoms with E-state index in [1.807, 2.05) is 13.0 Å². The summed E-state index contributed by atoms with van der Waals surface area (Å²) in [6.45, 7) is 6.25. The first kappa shape index (κ1) is 13.4. The van der Waals surface area contributed by atoms with Crippen molar-refractivity contribution in [1.29, 1.82) is 0 Å². The third-order valence-corrected chi connectivity index (χ3v) is 3.70. The molecule has 2 aromatic carbocycles. The van der Waals surface area contributed by atoms with E-state index in [4.69, 9.17) is 11.5 Å². The molecule has 4 nitrogen and oxygen atoms in total. The lowest BCUT2D eigenvalue weighted by Crippen LogP contribution is -2.02. The van der Waals surface area contributed by atoms with E-state index in [0.29, 0.717) is 5.82 Å². The Hall–Kier alpha value is -2.62. The highest BCUT2D eigenvalue weighted by molar-refractivity contribution is 5.96. The third-order valence-electron chi connectivity index (χ3n) is 3.70. The number of aryl methyl sites for hydroxylation is 3. The second-order valence-corrected chi connectivity index (χ2v) is 5.48. The summed E-state index contributed by atoms with van der Waals surface area (Å²) in [7, 11) is 0. The number of hydrogen-bond acceptors (Lipinski definition) is 4. The number of nitrogens with two attached hydrogens (primary N) is 2.